The number of fused-ring (bicyclic) bond motifs is 1. The molecule has 0 radical (unpaired) electrons. The first-order valence-corrected chi connectivity index (χ1v) is 6.31. The van der Waals surface area contributed by atoms with Crippen molar-refractivity contribution in [3.8, 4) is 0 Å². The molecule has 96 valence electrons. The highest BCUT2D eigenvalue weighted by Crippen LogP contribution is 2.31. The second-order valence-electron chi connectivity index (χ2n) is 3.94. The van der Waals surface area contributed by atoms with Crippen LogP contribution in [0.25, 0.3) is 10.9 Å². The number of nitrogens with zero attached hydrogens (tertiary/aromatic N) is 1. The van der Waals surface area contributed by atoms with Gasteiger partial charge in [0.2, 0.25) is 0 Å². The number of aromatic nitrogens is 1. The van der Waals surface area contributed by atoms with Gasteiger partial charge in [0, 0.05) is 11.5 Å². The molecule has 1 heterocycles. The molecule has 6 heteroatoms. The van der Waals surface area contributed by atoms with Gasteiger partial charge in [-0.3, -0.25) is 0 Å². The molecule has 3 nitrogen and oxygen atoms in total. The van der Waals surface area contributed by atoms with Gasteiger partial charge in [-0.1, -0.05) is 13.3 Å². The molecule has 0 fully saturated rings. The fraction of sp³-hybridized carbons (Fsp3) is 0.250. The van der Waals surface area contributed by atoms with E-state index in [1.807, 2.05) is 6.92 Å². The normalized spacial score (nSPS) is 10.9. The van der Waals surface area contributed by atoms with Crippen molar-refractivity contribution in [1.82, 2.24) is 4.98 Å². The third-order valence-electron chi connectivity index (χ3n) is 2.68. The Morgan fingerprint density at radius 2 is 2.06 bits per heavy atom. The molecule has 0 aliphatic rings. The Kier molecular flexibility index (Phi) is 3.77. The Bertz CT molecular complexity index is 602. The smallest absolute Gasteiger partial charge is 0.152 e. The molecule has 0 amide bonds. The van der Waals surface area contributed by atoms with Crippen LogP contribution in [0.15, 0.2) is 16.6 Å². The number of nitrogen functional groups attached to an aromatic ring is 1. The number of nitrogens with one attached hydrogen (secondary N) is 1. The summed E-state index contributed by atoms with van der Waals surface area (Å²) >= 11 is 3.11. The Labute approximate surface area is 111 Å². The van der Waals surface area contributed by atoms with E-state index in [4.69, 9.17) is 5.84 Å². The minimum Gasteiger partial charge on any atom is -0.308 e. The molecule has 0 bridgehead atoms. The molecule has 0 aliphatic carbocycles. The first-order valence-electron chi connectivity index (χ1n) is 5.52. The Morgan fingerprint density at radius 1 is 1.33 bits per heavy atom. The number of nitrogens with two attached hydrogens (primary N) is 1. The number of halogens is 3. The first-order chi connectivity index (χ1) is 8.58. The Balaban J connectivity index is 2.78. The van der Waals surface area contributed by atoms with Crippen LogP contribution in [0.3, 0.4) is 0 Å². The van der Waals surface area contributed by atoms with Gasteiger partial charge in [0.1, 0.15) is 17.2 Å². The number of hydrogen-bond donors (Lipinski definition) is 2. The van der Waals surface area contributed by atoms with Crippen LogP contribution in [-0.4, -0.2) is 4.98 Å². The van der Waals surface area contributed by atoms with Crippen LogP contribution >= 0.6 is 15.9 Å². The highest BCUT2D eigenvalue weighted by molar-refractivity contribution is 9.10. The van der Waals surface area contributed by atoms with Gasteiger partial charge in [0.25, 0.3) is 0 Å². The van der Waals surface area contributed by atoms with Crippen molar-refractivity contribution in [2.24, 2.45) is 5.84 Å². The van der Waals surface area contributed by atoms with Crippen molar-refractivity contribution in [2.75, 3.05) is 5.43 Å². The predicted octanol–water partition coefficient (Wildman–Crippen LogP) is 3.51. The summed E-state index contributed by atoms with van der Waals surface area (Å²) in [6.07, 6.45) is 1.62. The van der Waals surface area contributed by atoms with Crippen LogP contribution in [-0.2, 0) is 6.42 Å². The van der Waals surface area contributed by atoms with Gasteiger partial charge in [-0.2, -0.15) is 0 Å². The number of pyridine rings is 1. The lowest BCUT2D eigenvalue weighted by Gasteiger charge is -2.11. The van der Waals surface area contributed by atoms with Crippen LogP contribution < -0.4 is 11.3 Å². The van der Waals surface area contributed by atoms with Crippen molar-refractivity contribution in [3.05, 3.63) is 33.8 Å². The molecule has 0 aliphatic heterocycles. The van der Waals surface area contributed by atoms with Gasteiger partial charge >= 0.3 is 0 Å². The third-order valence-corrected chi connectivity index (χ3v) is 3.49. The lowest BCUT2D eigenvalue weighted by atomic mass is 10.1. The second kappa shape index (κ2) is 5.16. The summed E-state index contributed by atoms with van der Waals surface area (Å²) in [5.41, 5.74) is 3.37. The van der Waals surface area contributed by atoms with Crippen molar-refractivity contribution >= 4 is 32.7 Å². The van der Waals surface area contributed by atoms with E-state index < -0.39 is 11.6 Å². The van der Waals surface area contributed by atoms with Crippen molar-refractivity contribution < 1.29 is 8.78 Å². The first kappa shape index (κ1) is 13.2. The second-order valence-corrected chi connectivity index (χ2v) is 4.73. The summed E-state index contributed by atoms with van der Waals surface area (Å²) in [6.45, 7) is 2.01. The fourth-order valence-electron chi connectivity index (χ4n) is 1.86. The van der Waals surface area contributed by atoms with Crippen molar-refractivity contribution in [2.45, 2.75) is 19.8 Å². The average Bonchev–Trinajstić information content (AvgIpc) is 2.36. The molecule has 1 aromatic heterocycles. The monoisotopic (exact) mass is 315 g/mol. The molecule has 0 saturated heterocycles. The molecule has 0 spiro atoms. The highest BCUT2D eigenvalue weighted by atomic mass is 79.9. The quantitative estimate of drug-likeness (QED) is 0.517. The van der Waals surface area contributed by atoms with E-state index in [0.29, 0.717) is 11.2 Å². The van der Waals surface area contributed by atoms with E-state index in [9.17, 15) is 8.78 Å². The summed E-state index contributed by atoms with van der Waals surface area (Å²) in [7, 11) is 0. The van der Waals surface area contributed by atoms with Gasteiger partial charge in [-0.15, -0.1) is 0 Å². The zero-order valence-electron chi connectivity index (χ0n) is 9.73. The molecule has 3 N–H and O–H groups in total. The molecule has 18 heavy (non-hydrogen) atoms. The van der Waals surface area contributed by atoms with E-state index >= 15 is 0 Å². The van der Waals surface area contributed by atoms with Crippen LogP contribution in [0.2, 0.25) is 0 Å². The standard InChI is InChI=1S/C12H12BrF2N3/c1-2-3-6-4-7-10(13)8(14)5-9(15)11(7)17-12(6)18-16/h4-5H,2-3,16H2,1H3,(H,17,18). The number of hydrazine groups is 1. The number of anilines is 1. The molecule has 2 aromatic rings. The predicted molar refractivity (Wildman–Crippen MR) is 71.2 cm³/mol. The maximum absolute atomic E-state index is 13.7. The summed E-state index contributed by atoms with van der Waals surface area (Å²) < 4.78 is 27.3. The average molecular weight is 316 g/mol. The summed E-state index contributed by atoms with van der Waals surface area (Å²) in [5, 5.41) is 0.412. The summed E-state index contributed by atoms with van der Waals surface area (Å²) in [4.78, 5) is 4.11. The van der Waals surface area contributed by atoms with Gasteiger partial charge in [0.15, 0.2) is 5.82 Å². The van der Waals surface area contributed by atoms with Crippen LogP contribution in [0.5, 0.6) is 0 Å². The molecular formula is C12H12BrF2N3. The molecule has 1 aromatic carbocycles. The fourth-order valence-corrected chi connectivity index (χ4v) is 2.28. The zero-order chi connectivity index (χ0) is 13.3. The largest absolute Gasteiger partial charge is 0.308 e. The van der Waals surface area contributed by atoms with E-state index in [1.54, 1.807) is 6.07 Å². The maximum atomic E-state index is 13.7. The molecule has 0 unspecified atom stereocenters. The molecule has 0 atom stereocenters. The number of benzene rings is 1. The molecule has 0 saturated carbocycles. The number of hydrogen-bond acceptors (Lipinski definition) is 3. The summed E-state index contributed by atoms with van der Waals surface area (Å²) in [5.74, 6) is 4.44. The lowest BCUT2D eigenvalue weighted by Crippen LogP contribution is -2.11. The van der Waals surface area contributed by atoms with Gasteiger partial charge in [-0.25, -0.2) is 19.6 Å². The van der Waals surface area contributed by atoms with Crippen molar-refractivity contribution in [1.29, 1.82) is 0 Å². The highest BCUT2D eigenvalue weighted by Gasteiger charge is 2.14. The van der Waals surface area contributed by atoms with Crippen molar-refractivity contribution in [3.63, 3.8) is 0 Å². The van der Waals surface area contributed by atoms with E-state index in [2.05, 4.69) is 26.3 Å². The molecule has 2 rings (SSSR count). The third kappa shape index (κ3) is 2.18. The van der Waals surface area contributed by atoms with Gasteiger partial charge in [-0.05, 0) is 34.0 Å². The lowest BCUT2D eigenvalue weighted by molar-refractivity contribution is 0.586. The Hall–Kier alpha value is -1.27. The number of rotatable bonds is 3. The minimum absolute atomic E-state index is 0.0936. The van der Waals surface area contributed by atoms with E-state index in [-0.39, 0.29) is 9.99 Å². The van der Waals surface area contributed by atoms with Gasteiger partial charge in [0.05, 0.1) is 4.47 Å². The molecular weight excluding hydrogens is 304 g/mol. The van der Waals surface area contributed by atoms with E-state index in [1.165, 1.54) is 0 Å². The summed E-state index contributed by atoms with van der Waals surface area (Å²) in [6, 6.07) is 2.51. The van der Waals surface area contributed by atoms with E-state index in [0.717, 1.165) is 24.5 Å². The van der Waals surface area contributed by atoms with Crippen LogP contribution in [0, 0.1) is 11.6 Å². The van der Waals surface area contributed by atoms with Crippen LogP contribution in [0.1, 0.15) is 18.9 Å². The SMILES string of the molecule is CCCc1cc2c(Br)c(F)cc(F)c2nc1NN. The van der Waals surface area contributed by atoms with Crippen LogP contribution in [0.4, 0.5) is 14.6 Å². The van der Waals surface area contributed by atoms with Gasteiger partial charge < -0.3 is 5.43 Å². The minimum atomic E-state index is -0.703. The topological polar surface area (TPSA) is 50.9 Å². The number of aryl methyl sites for hydroxylation is 1. The maximum Gasteiger partial charge on any atom is 0.152 e. The zero-order valence-corrected chi connectivity index (χ0v) is 11.3. The Morgan fingerprint density at radius 3 is 2.67 bits per heavy atom.